The molecular weight excluding hydrogens is 128 g/mol. The molecule has 1 rings (SSSR count). The summed E-state index contributed by atoms with van der Waals surface area (Å²) in [6.07, 6.45) is 2.61. The second kappa shape index (κ2) is 1.83. The van der Waals surface area contributed by atoms with Crippen molar-refractivity contribution in [2.75, 3.05) is 7.11 Å². The van der Waals surface area contributed by atoms with E-state index in [0.717, 1.165) is 0 Å². The van der Waals surface area contributed by atoms with E-state index in [0.29, 0.717) is 5.22 Å². The molecule has 1 nitrogen and oxygen atoms in total. The van der Waals surface area contributed by atoms with Crippen LogP contribution < -0.4 is 0 Å². The van der Waals surface area contributed by atoms with Crippen LogP contribution in [-0.2, 0) is 4.74 Å². The van der Waals surface area contributed by atoms with Crippen LogP contribution in [-0.4, -0.2) is 20.4 Å². The van der Waals surface area contributed by atoms with Crippen molar-refractivity contribution < 1.29 is 4.74 Å². The van der Waals surface area contributed by atoms with Crippen LogP contribution in [0.4, 0.5) is 0 Å². The Kier molecular flexibility index (Phi) is 1.48. The van der Waals surface area contributed by atoms with E-state index in [4.69, 9.17) is 4.74 Å². The molecule has 0 heterocycles. The fourth-order valence-corrected chi connectivity index (χ4v) is 3.61. The maximum atomic E-state index is 5.47. The lowest BCUT2D eigenvalue weighted by molar-refractivity contribution is 0.139. The Morgan fingerprint density at radius 1 is 1.22 bits per heavy atom. The lowest BCUT2D eigenvalue weighted by atomic mass is 10.8. The molecule has 0 aromatic rings. The van der Waals surface area contributed by atoms with Gasteiger partial charge in [0.15, 0.2) is 0 Å². The van der Waals surface area contributed by atoms with E-state index in [1.165, 1.54) is 12.8 Å². The summed E-state index contributed by atoms with van der Waals surface area (Å²) in [6.45, 7) is 7.14. The topological polar surface area (TPSA) is 9.23 Å². The fraction of sp³-hybridized carbons (Fsp3) is 1.00. The molecule has 0 radical (unpaired) electrons. The summed E-state index contributed by atoms with van der Waals surface area (Å²) in [5.41, 5.74) is 0. The zero-order valence-electron chi connectivity index (χ0n) is 6.82. The van der Waals surface area contributed by atoms with E-state index in [1.807, 2.05) is 7.11 Å². The van der Waals surface area contributed by atoms with Gasteiger partial charge in [-0.2, -0.15) is 0 Å². The minimum absolute atomic E-state index is 0.368. The van der Waals surface area contributed by atoms with Crippen molar-refractivity contribution in [1.82, 2.24) is 0 Å². The minimum Gasteiger partial charge on any atom is -0.382 e. The Balaban J connectivity index is 2.60. The zero-order chi connectivity index (χ0) is 7.12. The first-order valence-electron chi connectivity index (χ1n) is 3.57. The van der Waals surface area contributed by atoms with Gasteiger partial charge in [0.1, 0.15) is 0 Å². The molecule has 0 aromatic carbocycles. The van der Waals surface area contributed by atoms with Gasteiger partial charge in [0.2, 0.25) is 0 Å². The molecule has 0 aliphatic heterocycles. The smallest absolute Gasteiger partial charge is 0.0824 e. The first-order valence-corrected chi connectivity index (χ1v) is 7.07. The molecule has 1 fully saturated rings. The predicted molar refractivity (Wildman–Crippen MR) is 42.3 cm³/mol. The average Bonchev–Trinajstić information content (AvgIpc) is 2.40. The molecule has 54 valence electrons. The Hall–Kier alpha value is 0.177. The number of rotatable bonds is 2. The van der Waals surface area contributed by atoms with Crippen molar-refractivity contribution in [2.45, 2.75) is 37.7 Å². The van der Waals surface area contributed by atoms with Crippen molar-refractivity contribution in [3.63, 3.8) is 0 Å². The molecule has 0 bridgehead atoms. The third-order valence-corrected chi connectivity index (χ3v) is 5.90. The molecule has 1 saturated carbocycles. The van der Waals surface area contributed by atoms with E-state index in [9.17, 15) is 0 Å². The zero-order valence-corrected chi connectivity index (χ0v) is 7.82. The van der Waals surface area contributed by atoms with Gasteiger partial charge in [0.25, 0.3) is 0 Å². The lowest BCUT2D eigenvalue weighted by Gasteiger charge is -2.26. The van der Waals surface area contributed by atoms with Crippen molar-refractivity contribution in [3.8, 4) is 0 Å². The highest BCUT2D eigenvalue weighted by atomic mass is 28.3. The van der Waals surface area contributed by atoms with Crippen LogP contribution in [0.5, 0.6) is 0 Å². The van der Waals surface area contributed by atoms with Crippen molar-refractivity contribution in [3.05, 3.63) is 0 Å². The van der Waals surface area contributed by atoms with Gasteiger partial charge in [-0.1, -0.05) is 19.6 Å². The highest BCUT2D eigenvalue weighted by Gasteiger charge is 2.53. The van der Waals surface area contributed by atoms with Crippen LogP contribution >= 0.6 is 0 Å². The van der Waals surface area contributed by atoms with Crippen LogP contribution in [0.3, 0.4) is 0 Å². The maximum absolute atomic E-state index is 5.47. The van der Waals surface area contributed by atoms with Crippen molar-refractivity contribution >= 4 is 8.07 Å². The van der Waals surface area contributed by atoms with Crippen LogP contribution in [0.1, 0.15) is 12.8 Å². The van der Waals surface area contributed by atoms with Gasteiger partial charge in [-0.05, 0) is 12.8 Å². The molecule has 0 amide bonds. The summed E-state index contributed by atoms with van der Waals surface area (Å²) in [7, 11) is 0.856. The minimum atomic E-state index is -0.996. The fourth-order valence-electron chi connectivity index (χ4n) is 1.37. The second-order valence-corrected chi connectivity index (χ2v) is 9.36. The van der Waals surface area contributed by atoms with Crippen LogP contribution in [0.15, 0.2) is 0 Å². The van der Waals surface area contributed by atoms with E-state index >= 15 is 0 Å². The second-order valence-electron chi connectivity index (χ2n) is 3.95. The first kappa shape index (κ1) is 7.29. The molecule has 0 spiro atoms. The Bertz CT molecular complexity index is 111. The molecule has 1 aliphatic rings. The lowest BCUT2D eigenvalue weighted by Crippen LogP contribution is -2.41. The van der Waals surface area contributed by atoms with Crippen LogP contribution in [0.2, 0.25) is 19.6 Å². The molecule has 0 N–H and O–H groups in total. The quantitative estimate of drug-likeness (QED) is 0.539. The van der Waals surface area contributed by atoms with Gasteiger partial charge in [-0.3, -0.25) is 0 Å². The summed E-state index contributed by atoms with van der Waals surface area (Å²) >= 11 is 0. The predicted octanol–water partition coefficient (Wildman–Crippen LogP) is 2.04. The Morgan fingerprint density at radius 3 is 1.67 bits per heavy atom. The molecule has 2 heteroatoms. The van der Waals surface area contributed by atoms with Gasteiger partial charge in [0, 0.05) is 7.11 Å². The largest absolute Gasteiger partial charge is 0.382 e. The monoisotopic (exact) mass is 144 g/mol. The molecule has 0 aromatic heterocycles. The van der Waals surface area contributed by atoms with Crippen molar-refractivity contribution in [1.29, 1.82) is 0 Å². The SMILES string of the molecule is COC1([Si](C)(C)C)CC1. The highest BCUT2D eigenvalue weighted by Crippen LogP contribution is 2.46. The van der Waals surface area contributed by atoms with Gasteiger partial charge < -0.3 is 4.74 Å². The average molecular weight is 144 g/mol. The summed E-state index contributed by atoms with van der Waals surface area (Å²) < 4.78 is 5.47. The van der Waals surface area contributed by atoms with Crippen LogP contribution in [0, 0.1) is 0 Å². The summed E-state index contributed by atoms with van der Waals surface area (Å²) in [6, 6.07) is 0. The van der Waals surface area contributed by atoms with E-state index in [-0.39, 0.29) is 0 Å². The van der Waals surface area contributed by atoms with Gasteiger partial charge in [0.05, 0.1) is 13.3 Å². The third kappa shape index (κ3) is 1.06. The number of hydrogen-bond acceptors (Lipinski definition) is 1. The molecule has 0 unspecified atom stereocenters. The highest BCUT2D eigenvalue weighted by molar-refractivity contribution is 6.79. The maximum Gasteiger partial charge on any atom is 0.0824 e. The van der Waals surface area contributed by atoms with E-state index in [2.05, 4.69) is 19.6 Å². The molecule has 1 aliphatic carbocycles. The van der Waals surface area contributed by atoms with E-state index in [1.54, 1.807) is 0 Å². The van der Waals surface area contributed by atoms with Crippen LogP contribution in [0.25, 0.3) is 0 Å². The molecule has 0 atom stereocenters. The Labute approximate surface area is 58.4 Å². The molecule has 9 heavy (non-hydrogen) atoms. The Morgan fingerprint density at radius 2 is 1.67 bits per heavy atom. The summed E-state index contributed by atoms with van der Waals surface area (Å²) in [4.78, 5) is 0. The first-order chi connectivity index (χ1) is 4.02. The summed E-state index contributed by atoms with van der Waals surface area (Å²) in [5.74, 6) is 0. The number of hydrogen-bond donors (Lipinski definition) is 0. The third-order valence-electron chi connectivity index (χ3n) is 2.46. The van der Waals surface area contributed by atoms with Gasteiger partial charge in [-0.15, -0.1) is 0 Å². The normalized spacial score (nSPS) is 24.0. The number of methoxy groups -OCH3 is 1. The standard InChI is InChI=1S/C7H16OSi/c1-8-7(5-6-7)9(2,3)4/h5-6H2,1-4H3. The van der Waals surface area contributed by atoms with Gasteiger partial charge in [-0.25, -0.2) is 0 Å². The van der Waals surface area contributed by atoms with E-state index < -0.39 is 8.07 Å². The summed E-state index contributed by atoms with van der Waals surface area (Å²) in [5, 5.41) is 0.368. The molecular formula is C7H16OSi. The van der Waals surface area contributed by atoms with Crippen molar-refractivity contribution in [2.24, 2.45) is 0 Å². The molecule has 0 saturated heterocycles. The number of ether oxygens (including phenoxy) is 1. The van der Waals surface area contributed by atoms with Gasteiger partial charge >= 0.3 is 0 Å².